The number of rotatable bonds is 2. The fourth-order valence-electron chi connectivity index (χ4n) is 0.911. The van der Waals surface area contributed by atoms with Gasteiger partial charge in [-0.25, -0.2) is 0 Å². The highest BCUT2D eigenvalue weighted by Crippen LogP contribution is 2.07. The molecule has 14 heavy (non-hydrogen) atoms. The van der Waals surface area contributed by atoms with Gasteiger partial charge in [0.05, 0.1) is 5.69 Å². The number of allylic oxidation sites excluding steroid dienone is 1. The van der Waals surface area contributed by atoms with E-state index in [1.54, 1.807) is 0 Å². The Labute approximate surface area is 85.2 Å². The Morgan fingerprint density at radius 1 is 1.43 bits per heavy atom. The standard InChI is InChI=1S/C9H11N3.C2H6/c1-7-3-2-4-9(12-7)8(5-10)6-11;1-2/h2-6,10H,11H2,1H3;1-2H3/b8-6+,10-5?;. The molecule has 0 spiro atoms. The molecule has 0 aliphatic carbocycles. The van der Waals surface area contributed by atoms with E-state index in [1.807, 2.05) is 39.0 Å². The van der Waals surface area contributed by atoms with Gasteiger partial charge in [-0.05, 0) is 19.1 Å². The van der Waals surface area contributed by atoms with Crippen molar-refractivity contribution in [3.63, 3.8) is 0 Å². The Morgan fingerprint density at radius 3 is 2.50 bits per heavy atom. The number of nitrogens with one attached hydrogen (secondary N) is 1. The first-order chi connectivity index (χ1) is 6.77. The minimum absolute atomic E-state index is 0.638. The smallest absolute Gasteiger partial charge is 0.0734 e. The molecule has 0 aliphatic heterocycles. The summed E-state index contributed by atoms with van der Waals surface area (Å²) in [6.45, 7) is 5.90. The fourth-order valence-corrected chi connectivity index (χ4v) is 0.911. The molecule has 1 heterocycles. The van der Waals surface area contributed by atoms with E-state index in [2.05, 4.69) is 4.98 Å². The van der Waals surface area contributed by atoms with Gasteiger partial charge in [-0.2, -0.15) is 0 Å². The number of pyridine rings is 1. The van der Waals surface area contributed by atoms with Crippen molar-refractivity contribution in [2.75, 3.05) is 0 Å². The van der Waals surface area contributed by atoms with Gasteiger partial charge in [0.2, 0.25) is 0 Å². The van der Waals surface area contributed by atoms with Crippen molar-refractivity contribution in [2.45, 2.75) is 20.8 Å². The Bertz CT molecular complexity index is 316. The molecule has 1 aromatic rings. The van der Waals surface area contributed by atoms with Crippen molar-refractivity contribution in [3.05, 3.63) is 35.8 Å². The first-order valence-corrected chi connectivity index (χ1v) is 4.64. The molecule has 0 fully saturated rings. The number of hydrogen-bond donors (Lipinski definition) is 2. The average Bonchev–Trinajstić information content (AvgIpc) is 2.23. The summed E-state index contributed by atoms with van der Waals surface area (Å²) in [6, 6.07) is 5.63. The van der Waals surface area contributed by atoms with Crippen LogP contribution in [0.3, 0.4) is 0 Å². The summed E-state index contributed by atoms with van der Waals surface area (Å²) in [7, 11) is 0. The third-order valence-corrected chi connectivity index (χ3v) is 1.52. The molecule has 0 unspecified atom stereocenters. The summed E-state index contributed by atoms with van der Waals surface area (Å²) in [5, 5.41) is 7.05. The van der Waals surface area contributed by atoms with Crippen LogP contribution in [0.4, 0.5) is 0 Å². The minimum Gasteiger partial charge on any atom is -0.404 e. The largest absolute Gasteiger partial charge is 0.404 e. The zero-order valence-corrected chi connectivity index (χ0v) is 8.91. The molecule has 1 aromatic heterocycles. The maximum atomic E-state index is 7.05. The normalized spacial score (nSPS) is 10.1. The second-order valence-electron chi connectivity index (χ2n) is 2.43. The molecule has 0 saturated heterocycles. The minimum atomic E-state index is 0.638. The van der Waals surface area contributed by atoms with Crippen molar-refractivity contribution >= 4 is 11.8 Å². The van der Waals surface area contributed by atoms with Gasteiger partial charge in [0.1, 0.15) is 0 Å². The molecule has 3 N–H and O–H groups in total. The van der Waals surface area contributed by atoms with Gasteiger partial charge in [-0.1, -0.05) is 19.9 Å². The summed E-state index contributed by atoms with van der Waals surface area (Å²) >= 11 is 0. The Kier molecular flexibility index (Phi) is 6.03. The van der Waals surface area contributed by atoms with Gasteiger partial charge in [-0.15, -0.1) is 0 Å². The summed E-state index contributed by atoms with van der Waals surface area (Å²) in [5.41, 5.74) is 7.62. The van der Waals surface area contributed by atoms with Crippen molar-refractivity contribution in [1.82, 2.24) is 4.98 Å². The highest BCUT2D eigenvalue weighted by molar-refractivity contribution is 6.07. The number of hydrogen-bond acceptors (Lipinski definition) is 3. The van der Waals surface area contributed by atoms with E-state index in [0.29, 0.717) is 5.57 Å². The summed E-state index contributed by atoms with van der Waals surface area (Å²) in [4.78, 5) is 4.22. The second kappa shape index (κ2) is 6.83. The van der Waals surface area contributed by atoms with Crippen LogP contribution in [-0.2, 0) is 0 Å². The van der Waals surface area contributed by atoms with E-state index in [4.69, 9.17) is 11.1 Å². The van der Waals surface area contributed by atoms with Gasteiger partial charge in [0, 0.05) is 23.7 Å². The van der Waals surface area contributed by atoms with E-state index in [-0.39, 0.29) is 0 Å². The van der Waals surface area contributed by atoms with Crippen molar-refractivity contribution < 1.29 is 0 Å². The Hall–Kier alpha value is -1.64. The summed E-state index contributed by atoms with van der Waals surface area (Å²) in [5.74, 6) is 0. The number of aryl methyl sites for hydroxylation is 1. The Morgan fingerprint density at radius 2 is 2.07 bits per heavy atom. The second-order valence-corrected chi connectivity index (χ2v) is 2.43. The Balaban J connectivity index is 0.000000791. The molecule has 0 aromatic carbocycles. The van der Waals surface area contributed by atoms with E-state index >= 15 is 0 Å². The maximum Gasteiger partial charge on any atom is 0.0734 e. The number of nitrogens with zero attached hydrogens (tertiary/aromatic N) is 1. The lowest BCUT2D eigenvalue weighted by atomic mass is 10.2. The maximum absolute atomic E-state index is 7.05. The van der Waals surface area contributed by atoms with Crippen molar-refractivity contribution in [1.29, 1.82) is 5.41 Å². The van der Waals surface area contributed by atoms with Crippen LogP contribution >= 0.6 is 0 Å². The van der Waals surface area contributed by atoms with Crippen LogP contribution in [0.1, 0.15) is 25.2 Å². The van der Waals surface area contributed by atoms with E-state index < -0.39 is 0 Å². The van der Waals surface area contributed by atoms with Crippen LogP contribution in [0.2, 0.25) is 0 Å². The fraction of sp³-hybridized carbons (Fsp3) is 0.273. The van der Waals surface area contributed by atoms with Crippen LogP contribution in [0.15, 0.2) is 24.4 Å². The zero-order valence-electron chi connectivity index (χ0n) is 8.91. The van der Waals surface area contributed by atoms with Gasteiger partial charge in [0.25, 0.3) is 0 Å². The molecule has 0 radical (unpaired) electrons. The topological polar surface area (TPSA) is 62.8 Å². The van der Waals surface area contributed by atoms with Crippen molar-refractivity contribution in [3.8, 4) is 0 Å². The molecule has 76 valence electrons. The molecule has 3 nitrogen and oxygen atoms in total. The molecular weight excluding hydrogens is 174 g/mol. The zero-order chi connectivity index (χ0) is 11.0. The van der Waals surface area contributed by atoms with Crippen LogP contribution in [0.5, 0.6) is 0 Å². The molecule has 1 rings (SSSR count). The molecule has 0 amide bonds. The third-order valence-electron chi connectivity index (χ3n) is 1.52. The number of aromatic nitrogens is 1. The number of nitrogens with two attached hydrogens (primary N) is 1. The van der Waals surface area contributed by atoms with Gasteiger partial charge in [-0.3, -0.25) is 4.98 Å². The molecule has 0 bridgehead atoms. The van der Waals surface area contributed by atoms with Crippen LogP contribution in [-0.4, -0.2) is 11.2 Å². The summed E-state index contributed by atoms with van der Waals surface area (Å²) < 4.78 is 0. The predicted octanol–water partition coefficient (Wildman–Crippen LogP) is 2.37. The molecule has 0 atom stereocenters. The van der Waals surface area contributed by atoms with E-state index in [0.717, 1.165) is 11.4 Å². The van der Waals surface area contributed by atoms with Gasteiger partial charge < -0.3 is 11.1 Å². The van der Waals surface area contributed by atoms with Crippen LogP contribution < -0.4 is 5.73 Å². The highest BCUT2D eigenvalue weighted by atomic mass is 14.7. The SMILES string of the molecule is CC.Cc1cccc(/C(C=N)=C/N)n1. The first-order valence-electron chi connectivity index (χ1n) is 4.64. The van der Waals surface area contributed by atoms with E-state index in [1.165, 1.54) is 12.4 Å². The first kappa shape index (κ1) is 12.4. The lowest BCUT2D eigenvalue weighted by molar-refractivity contribution is 1.17. The van der Waals surface area contributed by atoms with Crippen LogP contribution in [0.25, 0.3) is 5.57 Å². The van der Waals surface area contributed by atoms with Crippen molar-refractivity contribution in [2.24, 2.45) is 5.73 Å². The molecule has 3 heteroatoms. The molecule has 0 saturated carbocycles. The monoisotopic (exact) mass is 191 g/mol. The average molecular weight is 191 g/mol. The van der Waals surface area contributed by atoms with Crippen LogP contribution in [0, 0.1) is 12.3 Å². The predicted molar refractivity (Wildman–Crippen MR) is 61.3 cm³/mol. The quantitative estimate of drug-likeness (QED) is 0.705. The summed E-state index contributed by atoms with van der Waals surface area (Å²) in [6.07, 6.45) is 2.58. The highest BCUT2D eigenvalue weighted by Gasteiger charge is 1.97. The lowest BCUT2D eigenvalue weighted by Crippen LogP contribution is -1.94. The lowest BCUT2D eigenvalue weighted by Gasteiger charge is -1.99. The third kappa shape index (κ3) is 3.39. The molecular formula is C11H17N3. The van der Waals surface area contributed by atoms with Gasteiger partial charge in [0.15, 0.2) is 0 Å². The van der Waals surface area contributed by atoms with E-state index in [9.17, 15) is 0 Å². The molecule has 0 aliphatic rings. The van der Waals surface area contributed by atoms with Gasteiger partial charge >= 0.3 is 0 Å².